The average Bonchev–Trinajstić information content (AvgIpc) is 2.37. The lowest BCUT2D eigenvalue weighted by molar-refractivity contribution is -0.140. The smallest absolute Gasteiger partial charge is 0.326 e. The summed E-state index contributed by atoms with van der Waals surface area (Å²) in [5.41, 5.74) is 4.91. The van der Waals surface area contributed by atoms with Crippen LogP contribution in [0.5, 0.6) is 0 Å². The van der Waals surface area contributed by atoms with E-state index in [1.807, 2.05) is 0 Å². The molecule has 0 heterocycles. The first kappa shape index (κ1) is 18.2. The largest absolute Gasteiger partial charge is 0.480 e. The van der Waals surface area contributed by atoms with E-state index in [0.29, 0.717) is 6.54 Å². The Morgan fingerprint density at radius 3 is 2.30 bits per heavy atom. The zero-order valence-corrected chi connectivity index (χ0v) is 12.0. The molecule has 0 fully saturated rings. The maximum Gasteiger partial charge on any atom is 0.326 e. The van der Waals surface area contributed by atoms with Crippen molar-refractivity contribution in [2.24, 2.45) is 5.73 Å². The Bertz CT molecular complexity index is 331. The molecule has 0 bridgehead atoms. The fraction of sp³-hybridized carbons (Fsp3) is 0.750. The summed E-state index contributed by atoms with van der Waals surface area (Å²) in [6.45, 7) is 7.31. The van der Waals surface area contributed by atoms with Gasteiger partial charge in [0.25, 0.3) is 0 Å². The van der Waals surface area contributed by atoms with Crippen molar-refractivity contribution in [1.82, 2.24) is 15.5 Å². The minimum atomic E-state index is -1.30. The summed E-state index contributed by atoms with van der Waals surface area (Å²) in [6.07, 6.45) is 0.338. The van der Waals surface area contributed by atoms with Crippen LogP contribution in [0, 0.1) is 0 Å². The first-order valence-corrected chi connectivity index (χ1v) is 6.68. The van der Waals surface area contributed by atoms with Gasteiger partial charge in [-0.1, -0.05) is 13.8 Å². The van der Waals surface area contributed by atoms with E-state index in [2.05, 4.69) is 29.4 Å². The third kappa shape index (κ3) is 8.30. The number of urea groups is 1. The van der Waals surface area contributed by atoms with E-state index in [1.165, 1.54) is 0 Å². The Kier molecular flexibility index (Phi) is 9.10. The molecule has 0 aliphatic rings. The van der Waals surface area contributed by atoms with E-state index in [0.717, 1.165) is 26.1 Å². The molecule has 0 saturated carbocycles. The molecule has 1 unspecified atom stereocenters. The SMILES string of the molecule is CCN(CC)CCCNC(=O)NC(CC(N)=O)C(=O)O. The van der Waals surface area contributed by atoms with Crippen molar-refractivity contribution in [2.45, 2.75) is 32.7 Å². The van der Waals surface area contributed by atoms with Gasteiger partial charge in [0.15, 0.2) is 0 Å². The number of carboxylic acid groups (broad SMARTS) is 1. The number of hydrogen-bond donors (Lipinski definition) is 4. The number of carbonyl (C=O) groups excluding carboxylic acids is 2. The lowest BCUT2D eigenvalue weighted by Crippen LogP contribution is -2.48. The zero-order valence-electron chi connectivity index (χ0n) is 12.0. The van der Waals surface area contributed by atoms with E-state index < -0.39 is 30.4 Å². The highest BCUT2D eigenvalue weighted by Crippen LogP contribution is 1.92. The predicted molar refractivity (Wildman–Crippen MR) is 74.2 cm³/mol. The first-order valence-electron chi connectivity index (χ1n) is 6.68. The summed E-state index contributed by atoms with van der Waals surface area (Å²) < 4.78 is 0. The van der Waals surface area contributed by atoms with E-state index in [4.69, 9.17) is 10.8 Å². The minimum Gasteiger partial charge on any atom is -0.480 e. The fourth-order valence-corrected chi connectivity index (χ4v) is 1.65. The first-order chi connectivity index (χ1) is 9.40. The summed E-state index contributed by atoms with van der Waals surface area (Å²) in [5, 5.41) is 13.6. The molecule has 8 nitrogen and oxygen atoms in total. The molecule has 0 aromatic rings. The number of nitrogens with zero attached hydrogens (tertiary/aromatic N) is 1. The second kappa shape index (κ2) is 10.0. The second-order valence-corrected chi connectivity index (χ2v) is 4.34. The van der Waals surface area contributed by atoms with Gasteiger partial charge in [0.2, 0.25) is 5.91 Å². The molecule has 0 rings (SSSR count). The topological polar surface area (TPSA) is 125 Å². The van der Waals surface area contributed by atoms with Crippen LogP contribution in [-0.4, -0.2) is 60.1 Å². The van der Waals surface area contributed by atoms with Gasteiger partial charge in [-0.05, 0) is 26.1 Å². The molecule has 116 valence electrons. The third-order valence-electron chi connectivity index (χ3n) is 2.84. The van der Waals surface area contributed by atoms with E-state index in [9.17, 15) is 14.4 Å². The molecule has 1 atom stereocenters. The van der Waals surface area contributed by atoms with Crippen LogP contribution in [0.4, 0.5) is 4.79 Å². The standard InChI is InChI=1S/C12H24N4O4/c1-3-16(4-2)7-5-6-14-12(20)15-9(11(18)19)8-10(13)17/h9H,3-8H2,1-2H3,(H2,13,17)(H,18,19)(H2,14,15,20). The molecule has 0 saturated heterocycles. The van der Waals surface area contributed by atoms with E-state index >= 15 is 0 Å². The number of nitrogens with one attached hydrogen (secondary N) is 2. The molecule has 0 aliphatic carbocycles. The van der Waals surface area contributed by atoms with Crippen molar-refractivity contribution in [3.63, 3.8) is 0 Å². The highest BCUT2D eigenvalue weighted by molar-refractivity contribution is 5.87. The van der Waals surface area contributed by atoms with E-state index in [1.54, 1.807) is 0 Å². The maximum atomic E-state index is 11.5. The summed E-state index contributed by atoms with van der Waals surface area (Å²) in [7, 11) is 0. The molecule has 3 amide bonds. The van der Waals surface area contributed by atoms with Crippen LogP contribution in [0.25, 0.3) is 0 Å². The van der Waals surface area contributed by atoms with Crippen LogP contribution < -0.4 is 16.4 Å². The third-order valence-corrected chi connectivity index (χ3v) is 2.84. The summed E-state index contributed by atoms with van der Waals surface area (Å²) in [4.78, 5) is 35.2. The molecule has 8 heteroatoms. The van der Waals surface area contributed by atoms with Crippen LogP contribution in [-0.2, 0) is 9.59 Å². The van der Waals surface area contributed by atoms with Crippen LogP contribution in [0.3, 0.4) is 0 Å². The number of hydrogen-bond acceptors (Lipinski definition) is 4. The van der Waals surface area contributed by atoms with Crippen molar-refractivity contribution in [1.29, 1.82) is 0 Å². The summed E-state index contributed by atoms with van der Waals surface area (Å²) in [6, 6.07) is -1.91. The second-order valence-electron chi connectivity index (χ2n) is 4.34. The average molecular weight is 288 g/mol. The molecule has 0 aliphatic heterocycles. The van der Waals surface area contributed by atoms with Gasteiger partial charge in [-0.3, -0.25) is 4.79 Å². The molecule has 0 radical (unpaired) electrons. The van der Waals surface area contributed by atoms with Gasteiger partial charge in [-0.25, -0.2) is 9.59 Å². The number of carboxylic acids is 1. The lowest BCUT2D eigenvalue weighted by Gasteiger charge is -2.18. The highest BCUT2D eigenvalue weighted by Gasteiger charge is 2.21. The predicted octanol–water partition coefficient (Wildman–Crippen LogP) is -0.654. The van der Waals surface area contributed by atoms with Crippen molar-refractivity contribution in [3.05, 3.63) is 0 Å². The molecule has 0 spiro atoms. The number of rotatable bonds is 10. The number of amides is 3. The van der Waals surface area contributed by atoms with Gasteiger partial charge in [0, 0.05) is 6.54 Å². The maximum absolute atomic E-state index is 11.5. The van der Waals surface area contributed by atoms with Gasteiger partial charge in [-0.2, -0.15) is 0 Å². The molecule has 20 heavy (non-hydrogen) atoms. The Morgan fingerprint density at radius 1 is 1.25 bits per heavy atom. The van der Waals surface area contributed by atoms with E-state index in [-0.39, 0.29) is 0 Å². The molecule has 0 aromatic carbocycles. The normalized spacial score (nSPS) is 11.9. The van der Waals surface area contributed by atoms with Crippen LogP contribution >= 0.6 is 0 Å². The van der Waals surface area contributed by atoms with Crippen LogP contribution in [0.2, 0.25) is 0 Å². The Balaban J connectivity index is 3.96. The van der Waals surface area contributed by atoms with Gasteiger partial charge in [0.1, 0.15) is 6.04 Å². The monoisotopic (exact) mass is 288 g/mol. The van der Waals surface area contributed by atoms with Gasteiger partial charge in [-0.15, -0.1) is 0 Å². The van der Waals surface area contributed by atoms with Crippen molar-refractivity contribution in [3.8, 4) is 0 Å². The molecule has 5 N–H and O–H groups in total. The van der Waals surface area contributed by atoms with Crippen molar-refractivity contribution < 1.29 is 19.5 Å². The Hall–Kier alpha value is -1.83. The van der Waals surface area contributed by atoms with Gasteiger partial charge >= 0.3 is 12.0 Å². The van der Waals surface area contributed by atoms with Crippen molar-refractivity contribution in [2.75, 3.05) is 26.2 Å². The Morgan fingerprint density at radius 2 is 1.85 bits per heavy atom. The van der Waals surface area contributed by atoms with Crippen LogP contribution in [0.1, 0.15) is 26.7 Å². The number of primary amides is 1. The summed E-state index contributed by atoms with van der Waals surface area (Å²) in [5.74, 6) is -2.07. The number of aliphatic carboxylic acids is 1. The van der Waals surface area contributed by atoms with Gasteiger partial charge in [0.05, 0.1) is 6.42 Å². The zero-order chi connectivity index (χ0) is 15.5. The Labute approximate surface area is 118 Å². The molecule has 0 aromatic heterocycles. The number of nitrogens with two attached hydrogens (primary N) is 1. The van der Waals surface area contributed by atoms with Crippen LogP contribution in [0.15, 0.2) is 0 Å². The fourth-order valence-electron chi connectivity index (χ4n) is 1.65. The van der Waals surface area contributed by atoms with Crippen molar-refractivity contribution >= 4 is 17.9 Å². The lowest BCUT2D eigenvalue weighted by atomic mass is 10.2. The molecular weight excluding hydrogens is 264 g/mol. The highest BCUT2D eigenvalue weighted by atomic mass is 16.4. The summed E-state index contributed by atoms with van der Waals surface area (Å²) >= 11 is 0. The number of carbonyl (C=O) groups is 3. The molecular formula is C12H24N4O4. The minimum absolute atomic E-state index is 0.428. The van der Waals surface area contributed by atoms with Gasteiger partial charge < -0.3 is 26.4 Å². The quantitative estimate of drug-likeness (QED) is 0.397.